The van der Waals surface area contributed by atoms with E-state index in [4.69, 9.17) is 0 Å². The highest BCUT2D eigenvalue weighted by Crippen LogP contribution is 2.37. The third kappa shape index (κ3) is 2.76. The first-order valence-corrected chi connectivity index (χ1v) is 9.37. The fraction of sp³-hybridized carbons (Fsp3) is 0.455. The van der Waals surface area contributed by atoms with E-state index in [9.17, 15) is 4.79 Å². The highest BCUT2D eigenvalue weighted by molar-refractivity contribution is 6.11. The number of carbonyl (C=O) groups excluding carboxylic acids is 1. The zero-order valence-corrected chi connectivity index (χ0v) is 15.3. The summed E-state index contributed by atoms with van der Waals surface area (Å²) < 4.78 is 2.21. The molecule has 0 fully saturated rings. The Morgan fingerprint density at radius 3 is 2.92 bits per heavy atom. The number of fused-ring (bicyclic) bond motifs is 3. The molecule has 3 atom stereocenters. The highest BCUT2D eigenvalue weighted by atomic mass is 16.1. The Morgan fingerprint density at radius 1 is 1.32 bits per heavy atom. The lowest BCUT2D eigenvalue weighted by Crippen LogP contribution is -2.27. The summed E-state index contributed by atoms with van der Waals surface area (Å²) >= 11 is 0. The minimum absolute atomic E-state index is 0.154. The van der Waals surface area contributed by atoms with E-state index in [2.05, 4.69) is 54.7 Å². The van der Waals surface area contributed by atoms with Crippen LogP contribution >= 0.6 is 0 Å². The van der Waals surface area contributed by atoms with Crippen LogP contribution in [0.5, 0.6) is 0 Å². The molecule has 3 nitrogen and oxygen atoms in total. The number of rotatable bonds is 3. The van der Waals surface area contributed by atoms with Gasteiger partial charge in [0.1, 0.15) is 0 Å². The minimum Gasteiger partial charge on any atom is -0.347 e. The summed E-state index contributed by atoms with van der Waals surface area (Å²) in [6.07, 6.45) is 8.26. The molecule has 0 amide bonds. The summed E-state index contributed by atoms with van der Waals surface area (Å²) in [5.41, 5.74) is 4.49. The Labute approximate surface area is 149 Å². The lowest BCUT2D eigenvalue weighted by atomic mass is 9.76. The second-order valence-electron chi connectivity index (χ2n) is 7.73. The van der Waals surface area contributed by atoms with Gasteiger partial charge in [0.05, 0.1) is 0 Å². The summed E-state index contributed by atoms with van der Waals surface area (Å²) in [5.74, 6) is 1.53. The molecule has 0 bridgehead atoms. The molecular weight excluding hydrogens is 308 g/mol. The second-order valence-corrected chi connectivity index (χ2v) is 7.73. The third-order valence-corrected chi connectivity index (χ3v) is 6.09. The van der Waals surface area contributed by atoms with E-state index in [1.165, 1.54) is 11.2 Å². The lowest BCUT2D eigenvalue weighted by Gasteiger charge is -2.28. The quantitative estimate of drug-likeness (QED) is 0.782. The number of para-hydroxylation sites is 1. The molecule has 3 heteroatoms. The van der Waals surface area contributed by atoms with E-state index >= 15 is 0 Å². The van der Waals surface area contributed by atoms with E-state index in [0.29, 0.717) is 17.6 Å². The van der Waals surface area contributed by atoms with Crippen LogP contribution in [0.1, 0.15) is 49.2 Å². The number of allylic oxidation sites excluding steroid dienone is 2. The van der Waals surface area contributed by atoms with Gasteiger partial charge < -0.3 is 4.57 Å². The van der Waals surface area contributed by atoms with Gasteiger partial charge >= 0.3 is 0 Å². The van der Waals surface area contributed by atoms with E-state index < -0.39 is 0 Å². The first kappa shape index (κ1) is 16.3. The molecule has 0 saturated heterocycles. The molecule has 0 spiro atoms. The van der Waals surface area contributed by atoms with Crippen molar-refractivity contribution >= 4 is 22.9 Å². The molecule has 0 saturated carbocycles. The molecular formula is C22H26N2O. The van der Waals surface area contributed by atoms with Crippen LogP contribution in [0.15, 0.2) is 41.0 Å². The molecule has 1 aromatic carbocycles. The zero-order chi connectivity index (χ0) is 17.6. The maximum Gasteiger partial charge on any atom is 0.168 e. The van der Waals surface area contributed by atoms with Crippen molar-refractivity contribution in [3.8, 4) is 0 Å². The van der Waals surface area contributed by atoms with Gasteiger partial charge in [-0.05, 0) is 50.5 Å². The Bertz CT molecular complexity index is 887. The van der Waals surface area contributed by atoms with Crippen LogP contribution in [0.25, 0.3) is 10.9 Å². The van der Waals surface area contributed by atoms with Crippen LogP contribution < -0.4 is 0 Å². The molecule has 25 heavy (non-hydrogen) atoms. The molecule has 130 valence electrons. The number of aliphatic imine (C=N–C) groups is 1. The number of ketones is 1. The standard InChI is InChI=1S/C22H26N2O/c1-14(16-10-11-23-15(2)13-16)12-17-8-9-20-21(22(17)25)18-6-4-5-7-19(18)24(20)3/h4-7,11,13-14,16-17H,8-10,12H2,1-3H3. The van der Waals surface area contributed by atoms with Crippen molar-refractivity contribution < 1.29 is 4.79 Å². The number of Topliss-reactive ketones (excluding diaryl/α,β-unsaturated/α-hetero) is 1. The number of carbonyl (C=O) groups is 1. The van der Waals surface area contributed by atoms with E-state index in [1.54, 1.807) is 0 Å². The summed E-state index contributed by atoms with van der Waals surface area (Å²) in [7, 11) is 2.09. The van der Waals surface area contributed by atoms with Crippen LogP contribution in [-0.4, -0.2) is 16.6 Å². The largest absolute Gasteiger partial charge is 0.347 e. The number of hydrogen-bond donors (Lipinski definition) is 0. The van der Waals surface area contributed by atoms with Gasteiger partial charge in [0.2, 0.25) is 0 Å². The van der Waals surface area contributed by atoms with Crippen LogP contribution in [0.2, 0.25) is 0 Å². The fourth-order valence-electron chi connectivity index (χ4n) is 4.64. The van der Waals surface area contributed by atoms with Crippen molar-refractivity contribution in [1.82, 2.24) is 4.57 Å². The average molecular weight is 334 g/mol. The molecule has 0 radical (unpaired) electrons. The van der Waals surface area contributed by atoms with Crippen molar-refractivity contribution in [2.75, 3.05) is 0 Å². The van der Waals surface area contributed by atoms with Gasteiger partial charge in [-0.1, -0.05) is 31.2 Å². The first-order valence-electron chi connectivity index (χ1n) is 9.37. The second kappa shape index (κ2) is 6.29. The van der Waals surface area contributed by atoms with Crippen LogP contribution in [0.4, 0.5) is 0 Å². The Morgan fingerprint density at radius 2 is 2.12 bits per heavy atom. The summed E-state index contributed by atoms with van der Waals surface area (Å²) in [6, 6.07) is 8.31. The molecule has 2 aliphatic rings. The Balaban J connectivity index is 1.60. The third-order valence-electron chi connectivity index (χ3n) is 6.09. The van der Waals surface area contributed by atoms with Gasteiger partial charge in [0.25, 0.3) is 0 Å². The topological polar surface area (TPSA) is 34.4 Å². The van der Waals surface area contributed by atoms with Crippen LogP contribution in [-0.2, 0) is 13.5 Å². The number of benzene rings is 1. The SMILES string of the molecule is CC1=CC(C(C)CC2CCc3c(c4ccccc4n3C)C2=O)CC=N1. The van der Waals surface area contributed by atoms with E-state index in [-0.39, 0.29) is 5.92 Å². The molecule has 1 aromatic heterocycles. The maximum absolute atomic E-state index is 13.3. The van der Waals surface area contributed by atoms with Crippen LogP contribution in [0.3, 0.4) is 0 Å². The number of aromatic nitrogens is 1. The van der Waals surface area contributed by atoms with Gasteiger partial charge in [0.15, 0.2) is 5.78 Å². The summed E-state index contributed by atoms with van der Waals surface area (Å²) in [4.78, 5) is 17.6. The molecule has 2 aromatic rings. The van der Waals surface area contributed by atoms with Crippen molar-refractivity contribution in [3.05, 3.63) is 47.3 Å². The normalized spacial score (nSPS) is 24.3. The number of aryl methyl sites for hydroxylation is 1. The van der Waals surface area contributed by atoms with Gasteiger partial charge in [0, 0.05) is 47.0 Å². The van der Waals surface area contributed by atoms with Crippen molar-refractivity contribution in [2.24, 2.45) is 29.8 Å². The number of nitrogens with zero attached hydrogens (tertiary/aromatic N) is 2. The molecule has 1 aliphatic heterocycles. The molecule has 1 aliphatic carbocycles. The average Bonchev–Trinajstić information content (AvgIpc) is 2.91. The minimum atomic E-state index is 0.154. The van der Waals surface area contributed by atoms with Gasteiger partial charge in [-0.3, -0.25) is 9.79 Å². The van der Waals surface area contributed by atoms with E-state index in [1.807, 2.05) is 12.3 Å². The highest BCUT2D eigenvalue weighted by Gasteiger charge is 2.33. The Hall–Kier alpha value is -2.16. The smallest absolute Gasteiger partial charge is 0.168 e. The predicted molar refractivity (Wildman–Crippen MR) is 103 cm³/mol. The predicted octanol–water partition coefficient (Wildman–Crippen LogP) is 4.94. The van der Waals surface area contributed by atoms with E-state index in [0.717, 1.165) is 42.3 Å². The molecule has 4 rings (SSSR count). The maximum atomic E-state index is 13.3. The summed E-state index contributed by atoms with van der Waals surface area (Å²) in [6.45, 7) is 4.35. The van der Waals surface area contributed by atoms with Gasteiger partial charge in [-0.15, -0.1) is 0 Å². The van der Waals surface area contributed by atoms with Gasteiger partial charge in [-0.25, -0.2) is 0 Å². The Kier molecular flexibility index (Phi) is 4.10. The fourth-order valence-corrected chi connectivity index (χ4v) is 4.64. The van der Waals surface area contributed by atoms with Crippen molar-refractivity contribution in [1.29, 1.82) is 0 Å². The number of hydrogen-bond acceptors (Lipinski definition) is 2. The van der Waals surface area contributed by atoms with Crippen LogP contribution in [0, 0.1) is 17.8 Å². The molecule has 0 N–H and O–H groups in total. The monoisotopic (exact) mass is 334 g/mol. The van der Waals surface area contributed by atoms with Gasteiger partial charge in [-0.2, -0.15) is 0 Å². The lowest BCUT2D eigenvalue weighted by molar-refractivity contribution is 0.0876. The first-order chi connectivity index (χ1) is 12.1. The summed E-state index contributed by atoms with van der Waals surface area (Å²) in [5, 5.41) is 1.13. The van der Waals surface area contributed by atoms with Crippen molar-refractivity contribution in [2.45, 2.75) is 39.5 Å². The zero-order valence-electron chi connectivity index (χ0n) is 15.3. The van der Waals surface area contributed by atoms with Crippen molar-refractivity contribution in [3.63, 3.8) is 0 Å². The molecule has 3 unspecified atom stereocenters. The molecule has 2 heterocycles.